The summed E-state index contributed by atoms with van der Waals surface area (Å²) < 4.78 is 5.68. The van der Waals surface area contributed by atoms with Gasteiger partial charge in [0.05, 0.1) is 12.6 Å². The number of hydrogen-bond donors (Lipinski definition) is 1. The fraction of sp³-hybridized carbons (Fsp3) is 0.300. The van der Waals surface area contributed by atoms with E-state index in [4.69, 9.17) is 16.3 Å². The largest absolute Gasteiger partial charge is 0.494 e. The molecule has 1 N–H and O–H groups in total. The van der Waals surface area contributed by atoms with Crippen LogP contribution in [0.3, 0.4) is 0 Å². The average Bonchev–Trinajstić information content (AvgIpc) is 3.05. The molecule has 0 saturated heterocycles. The molecule has 2 aromatic rings. The Bertz CT molecular complexity index is 755. The van der Waals surface area contributed by atoms with Gasteiger partial charge in [0.25, 0.3) is 0 Å². The molecule has 0 amide bonds. The van der Waals surface area contributed by atoms with E-state index >= 15 is 0 Å². The summed E-state index contributed by atoms with van der Waals surface area (Å²) in [7, 11) is 0. The molecule has 0 saturated carbocycles. The molecule has 2 nitrogen and oxygen atoms in total. The van der Waals surface area contributed by atoms with E-state index in [2.05, 4.69) is 41.7 Å². The zero-order valence-electron chi connectivity index (χ0n) is 13.1. The molecule has 2 aromatic carbocycles. The van der Waals surface area contributed by atoms with Gasteiger partial charge in [-0.3, -0.25) is 0 Å². The summed E-state index contributed by atoms with van der Waals surface area (Å²) in [6, 6.07) is 14.8. The van der Waals surface area contributed by atoms with Crippen LogP contribution in [0, 0.1) is 5.92 Å². The van der Waals surface area contributed by atoms with Gasteiger partial charge in [-0.15, -0.1) is 0 Å². The van der Waals surface area contributed by atoms with E-state index in [1.807, 2.05) is 25.1 Å². The molecule has 1 aliphatic carbocycles. The highest BCUT2D eigenvalue weighted by Gasteiger charge is 2.38. The Balaban J connectivity index is 1.76. The number of anilines is 1. The lowest BCUT2D eigenvalue weighted by molar-refractivity contribution is 0.338. The van der Waals surface area contributed by atoms with Gasteiger partial charge < -0.3 is 10.1 Å². The minimum Gasteiger partial charge on any atom is -0.494 e. The number of halogens is 1. The Morgan fingerprint density at radius 3 is 2.87 bits per heavy atom. The fourth-order valence-electron chi connectivity index (χ4n) is 3.86. The van der Waals surface area contributed by atoms with Crippen LogP contribution in [0.2, 0.25) is 5.02 Å². The van der Waals surface area contributed by atoms with Gasteiger partial charge >= 0.3 is 0 Å². The van der Waals surface area contributed by atoms with Gasteiger partial charge in [-0.05, 0) is 54.7 Å². The van der Waals surface area contributed by atoms with Crippen LogP contribution in [0.15, 0.2) is 54.6 Å². The molecule has 2 aliphatic rings. The molecule has 1 heterocycles. The molecule has 3 atom stereocenters. The van der Waals surface area contributed by atoms with Gasteiger partial charge in [0.15, 0.2) is 0 Å². The Hall–Kier alpha value is -1.93. The molecule has 0 unspecified atom stereocenters. The van der Waals surface area contributed by atoms with Gasteiger partial charge in [-0.1, -0.05) is 42.0 Å². The molecular formula is C20H20ClNO. The third-order valence-corrected chi connectivity index (χ3v) is 5.23. The number of allylic oxidation sites excluding steroid dienone is 2. The number of nitrogens with one attached hydrogen (secondary N) is 1. The molecule has 1 aliphatic heterocycles. The Morgan fingerprint density at radius 1 is 1.17 bits per heavy atom. The lowest BCUT2D eigenvalue weighted by Gasteiger charge is -2.38. The first-order valence-corrected chi connectivity index (χ1v) is 8.60. The van der Waals surface area contributed by atoms with Crippen LogP contribution in [0.5, 0.6) is 5.75 Å². The van der Waals surface area contributed by atoms with Crippen molar-refractivity contribution < 1.29 is 4.74 Å². The maximum atomic E-state index is 6.46. The van der Waals surface area contributed by atoms with Gasteiger partial charge in [0.2, 0.25) is 0 Å². The quantitative estimate of drug-likeness (QED) is 0.745. The van der Waals surface area contributed by atoms with Crippen LogP contribution in [0.25, 0.3) is 0 Å². The van der Waals surface area contributed by atoms with Crippen molar-refractivity contribution in [1.29, 1.82) is 0 Å². The van der Waals surface area contributed by atoms with Gasteiger partial charge in [-0.25, -0.2) is 0 Å². The predicted molar refractivity (Wildman–Crippen MR) is 95.4 cm³/mol. The van der Waals surface area contributed by atoms with Crippen molar-refractivity contribution >= 4 is 17.3 Å². The van der Waals surface area contributed by atoms with E-state index in [9.17, 15) is 0 Å². The first-order valence-electron chi connectivity index (χ1n) is 8.22. The minimum atomic E-state index is 0.245. The molecule has 0 spiro atoms. The van der Waals surface area contributed by atoms with E-state index in [1.165, 1.54) is 16.8 Å². The highest BCUT2D eigenvalue weighted by Crippen LogP contribution is 2.51. The molecule has 0 aromatic heterocycles. The molecule has 118 valence electrons. The van der Waals surface area contributed by atoms with Gasteiger partial charge in [0.1, 0.15) is 5.75 Å². The zero-order chi connectivity index (χ0) is 15.8. The Kier molecular flexibility index (Phi) is 3.78. The maximum absolute atomic E-state index is 6.46. The van der Waals surface area contributed by atoms with E-state index in [1.54, 1.807) is 0 Å². The molecule has 3 heteroatoms. The number of ether oxygens (including phenoxy) is 1. The van der Waals surface area contributed by atoms with Crippen molar-refractivity contribution in [3.05, 3.63) is 70.8 Å². The zero-order valence-corrected chi connectivity index (χ0v) is 13.9. The summed E-state index contributed by atoms with van der Waals surface area (Å²) in [5.41, 5.74) is 3.71. The standard InChI is InChI=1S/C20H20ClNO/c1-2-23-13-10-11-19-17(12-13)14-7-5-8-15(14)20(22-19)16-6-3-4-9-18(16)21/h3-7,9-12,14-15,20,22H,2,8H2,1H3/t14-,15-,20+/m1/s1. The smallest absolute Gasteiger partial charge is 0.119 e. The number of benzene rings is 2. The summed E-state index contributed by atoms with van der Waals surface area (Å²) in [5.74, 6) is 1.87. The van der Waals surface area contributed by atoms with E-state index in [0.717, 1.165) is 17.2 Å². The lowest BCUT2D eigenvalue weighted by atomic mass is 9.77. The minimum absolute atomic E-state index is 0.245. The summed E-state index contributed by atoms with van der Waals surface area (Å²) >= 11 is 6.46. The summed E-state index contributed by atoms with van der Waals surface area (Å²) in [6.45, 7) is 2.71. The Morgan fingerprint density at radius 2 is 2.04 bits per heavy atom. The Labute approximate surface area is 142 Å². The molecule has 4 rings (SSSR count). The van der Waals surface area contributed by atoms with Gasteiger partial charge in [0, 0.05) is 16.6 Å². The average molecular weight is 326 g/mol. The van der Waals surface area contributed by atoms with Gasteiger partial charge in [-0.2, -0.15) is 0 Å². The molecule has 0 fully saturated rings. The molecule has 23 heavy (non-hydrogen) atoms. The van der Waals surface area contributed by atoms with Crippen molar-refractivity contribution in [2.45, 2.75) is 25.3 Å². The fourth-order valence-corrected chi connectivity index (χ4v) is 4.12. The number of hydrogen-bond acceptors (Lipinski definition) is 2. The highest BCUT2D eigenvalue weighted by molar-refractivity contribution is 6.31. The van der Waals surface area contributed by atoms with Crippen LogP contribution in [-0.4, -0.2) is 6.61 Å². The van der Waals surface area contributed by atoms with Crippen molar-refractivity contribution in [3.8, 4) is 5.75 Å². The topological polar surface area (TPSA) is 21.3 Å². The van der Waals surface area contributed by atoms with Crippen LogP contribution < -0.4 is 10.1 Å². The maximum Gasteiger partial charge on any atom is 0.119 e. The van der Waals surface area contributed by atoms with Crippen molar-refractivity contribution in [1.82, 2.24) is 0 Å². The van der Waals surface area contributed by atoms with Crippen LogP contribution in [-0.2, 0) is 0 Å². The van der Waals surface area contributed by atoms with Crippen molar-refractivity contribution in [3.63, 3.8) is 0 Å². The predicted octanol–water partition coefficient (Wildman–Crippen LogP) is 5.57. The van der Waals surface area contributed by atoms with E-state index in [-0.39, 0.29) is 6.04 Å². The second-order valence-electron chi connectivity index (χ2n) is 6.18. The van der Waals surface area contributed by atoms with Crippen LogP contribution in [0.1, 0.15) is 36.4 Å². The second-order valence-corrected chi connectivity index (χ2v) is 6.59. The first kappa shape index (κ1) is 14.6. The van der Waals surface area contributed by atoms with Crippen molar-refractivity contribution in [2.75, 3.05) is 11.9 Å². The normalized spacial score (nSPS) is 24.7. The number of rotatable bonds is 3. The highest BCUT2D eigenvalue weighted by atomic mass is 35.5. The SMILES string of the molecule is CCOc1ccc2c(c1)[C@@H]1C=CC[C@H]1[C@@H](c1ccccc1Cl)N2. The third kappa shape index (κ3) is 2.51. The van der Waals surface area contributed by atoms with Crippen LogP contribution in [0.4, 0.5) is 5.69 Å². The first-order chi connectivity index (χ1) is 11.3. The summed E-state index contributed by atoms with van der Waals surface area (Å²) in [6.07, 6.45) is 5.71. The molecule has 0 radical (unpaired) electrons. The molecule has 0 bridgehead atoms. The van der Waals surface area contributed by atoms with Crippen molar-refractivity contribution in [2.24, 2.45) is 5.92 Å². The van der Waals surface area contributed by atoms with Crippen LogP contribution >= 0.6 is 11.6 Å². The summed E-state index contributed by atoms with van der Waals surface area (Å²) in [4.78, 5) is 0. The third-order valence-electron chi connectivity index (χ3n) is 4.89. The monoisotopic (exact) mass is 325 g/mol. The number of fused-ring (bicyclic) bond motifs is 3. The van der Waals surface area contributed by atoms with E-state index in [0.29, 0.717) is 18.4 Å². The molecular weight excluding hydrogens is 306 g/mol. The lowest BCUT2D eigenvalue weighted by Crippen LogP contribution is -2.29. The second kappa shape index (κ2) is 5.93. The summed E-state index contributed by atoms with van der Waals surface area (Å²) in [5, 5.41) is 4.55. The van der Waals surface area contributed by atoms with E-state index < -0.39 is 0 Å².